The van der Waals surface area contributed by atoms with Crippen molar-refractivity contribution in [2.45, 2.75) is 58.4 Å². The van der Waals surface area contributed by atoms with Gasteiger partial charge in [0.2, 0.25) is 5.95 Å². The summed E-state index contributed by atoms with van der Waals surface area (Å²) in [6, 6.07) is 0.536. The van der Waals surface area contributed by atoms with E-state index in [1.807, 2.05) is 4.90 Å². The second kappa shape index (κ2) is 7.28. The zero-order chi connectivity index (χ0) is 16.2. The summed E-state index contributed by atoms with van der Waals surface area (Å²) >= 11 is 0. The SMILES string of the molecule is CCC1CCCCN1c1ncc(C(=O)N2CCC(C)CC2)cn1. The van der Waals surface area contributed by atoms with Gasteiger partial charge in [0.15, 0.2) is 0 Å². The maximum Gasteiger partial charge on any atom is 0.256 e. The van der Waals surface area contributed by atoms with Crippen molar-refractivity contribution in [2.75, 3.05) is 24.5 Å². The number of carbonyl (C=O) groups excluding carboxylic acids is 1. The summed E-state index contributed by atoms with van der Waals surface area (Å²) in [5, 5.41) is 0. The van der Waals surface area contributed by atoms with E-state index in [4.69, 9.17) is 0 Å². The highest BCUT2D eigenvalue weighted by Crippen LogP contribution is 2.24. The molecule has 1 aromatic rings. The molecule has 1 unspecified atom stereocenters. The van der Waals surface area contributed by atoms with Gasteiger partial charge in [-0.1, -0.05) is 13.8 Å². The minimum atomic E-state index is 0.0779. The molecule has 2 saturated heterocycles. The number of piperidine rings is 2. The van der Waals surface area contributed by atoms with Crippen LogP contribution in [0.1, 0.15) is 62.7 Å². The van der Waals surface area contributed by atoms with Crippen LogP contribution in [0.25, 0.3) is 0 Å². The van der Waals surface area contributed by atoms with Crippen molar-refractivity contribution < 1.29 is 4.79 Å². The van der Waals surface area contributed by atoms with Crippen molar-refractivity contribution in [3.8, 4) is 0 Å². The normalized spacial score (nSPS) is 23.1. The first-order valence-electron chi connectivity index (χ1n) is 9.07. The molecule has 0 saturated carbocycles. The van der Waals surface area contributed by atoms with Gasteiger partial charge >= 0.3 is 0 Å². The number of nitrogens with zero attached hydrogens (tertiary/aromatic N) is 4. The summed E-state index contributed by atoms with van der Waals surface area (Å²) in [4.78, 5) is 25.8. The number of likely N-dealkylation sites (tertiary alicyclic amines) is 1. The lowest BCUT2D eigenvalue weighted by Gasteiger charge is -2.35. The van der Waals surface area contributed by atoms with Gasteiger partial charge in [-0.2, -0.15) is 0 Å². The molecule has 2 aliphatic rings. The van der Waals surface area contributed by atoms with E-state index in [0.717, 1.165) is 50.8 Å². The zero-order valence-electron chi connectivity index (χ0n) is 14.4. The number of hydrogen-bond acceptors (Lipinski definition) is 4. The summed E-state index contributed by atoms with van der Waals surface area (Å²) in [5.74, 6) is 1.58. The lowest BCUT2D eigenvalue weighted by atomic mass is 9.99. The molecule has 2 fully saturated rings. The molecule has 5 heteroatoms. The summed E-state index contributed by atoms with van der Waals surface area (Å²) in [6.45, 7) is 7.20. The Morgan fingerprint density at radius 3 is 2.48 bits per heavy atom. The highest BCUT2D eigenvalue weighted by molar-refractivity contribution is 5.93. The highest BCUT2D eigenvalue weighted by atomic mass is 16.2. The van der Waals surface area contributed by atoms with E-state index in [0.29, 0.717) is 11.6 Å². The van der Waals surface area contributed by atoms with Crippen LogP contribution < -0.4 is 4.90 Å². The van der Waals surface area contributed by atoms with Crippen molar-refractivity contribution >= 4 is 11.9 Å². The van der Waals surface area contributed by atoms with E-state index in [1.165, 1.54) is 19.3 Å². The number of anilines is 1. The third kappa shape index (κ3) is 3.65. The van der Waals surface area contributed by atoms with Crippen LogP contribution in [0.15, 0.2) is 12.4 Å². The smallest absolute Gasteiger partial charge is 0.256 e. The van der Waals surface area contributed by atoms with Gasteiger partial charge in [0.1, 0.15) is 0 Å². The fourth-order valence-electron chi connectivity index (χ4n) is 3.66. The van der Waals surface area contributed by atoms with Crippen LogP contribution in [0.5, 0.6) is 0 Å². The fourth-order valence-corrected chi connectivity index (χ4v) is 3.66. The highest BCUT2D eigenvalue weighted by Gasteiger charge is 2.25. The van der Waals surface area contributed by atoms with E-state index >= 15 is 0 Å². The van der Waals surface area contributed by atoms with Gasteiger partial charge in [-0.15, -0.1) is 0 Å². The Labute approximate surface area is 139 Å². The van der Waals surface area contributed by atoms with Gasteiger partial charge in [-0.05, 0) is 44.4 Å². The van der Waals surface area contributed by atoms with Crippen LogP contribution in [0.4, 0.5) is 5.95 Å². The third-order valence-corrected chi connectivity index (χ3v) is 5.31. The Balaban J connectivity index is 1.68. The van der Waals surface area contributed by atoms with Crippen LogP contribution in [0.3, 0.4) is 0 Å². The summed E-state index contributed by atoms with van der Waals surface area (Å²) in [7, 11) is 0. The molecule has 2 aliphatic heterocycles. The largest absolute Gasteiger partial charge is 0.339 e. The minimum absolute atomic E-state index is 0.0779. The van der Waals surface area contributed by atoms with Gasteiger partial charge in [-0.25, -0.2) is 9.97 Å². The predicted molar refractivity (Wildman–Crippen MR) is 91.6 cm³/mol. The van der Waals surface area contributed by atoms with Crippen LogP contribution in [0, 0.1) is 5.92 Å². The monoisotopic (exact) mass is 316 g/mol. The van der Waals surface area contributed by atoms with Crippen molar-refractivity contribution in [3.63, 3.8) is 0 Å². The summed E-state index contributed by atoms with van der Waals surface area (Å²) < 4.78 is 0. The third-order valence-electron chi connectivity index (χ3n) is 5.31. The maximum absolute atomic E-state index is 12.5. The maximum atomic E-state index is 12.5. The first-order chi connectivity index (χ1) is 11.2. The van der Waals surface area contributed by atoms with Gasteiger partial charge in [-0.3, -0.25) is 4.79 Å². The predicted octanol–water partition coefficient (Wildman–Crippen LogP) is 3.12. The molecule has 3 heterocycles. The molecule has 1 amide bonds. The second-order valence-corrected chi connectivity index (χ2v) is 7.00. The second-order valence-electron chi connectivity index (χ2n) is 7.00. The Hall–Kier alpha value is -1.65. The minimum Gasteiger partial charge on any atom is -0.339 e. The molecule has 0 N–H and O–H groups in total. The first kappa shape index (κ1) is 16.2. The van der Waals surface area contributed by atoms with Crippen molar-refractivity contribution in [1.82, 2.24) is 14.9 Å². The molecule has 0 bridgehead atoms. The van der Waals surface area contributed by atoms with E-state index in [2.05, 4.69) is 28.7 Å². The van der Waals surface area contributed by atoms with E-state index in [-0.39, 0.29) is 5.91 Å². The molecule has 1 aromatic heterocycles. The van der Waals surface area contributed by atoms with Crippen LogP contribution in [-0.4, -0.2) is 46.5 Å². The van der Waals surface area contributed by atoms with E-state index < -0.39 is 0 Å². The molecule has 5 nitrogen and oxygen atoms in total. The van der Waals surface area contributed by atoms with Crippen molar-refractivity contribution in [1.29, 1.82) is 0 Å². The van der Waals surface area contributed by atoms with E-state index in [9.17, 15) is 4.79 Å². The molecule has 126 valence electrons. The Morgan fingerprint density at radius 2 is 1.83 bits per heavy atom. The molecule has 0 spiro atoms. The lowest BCUT2D eigenvalue weighted by molar-refractivity contribution is 0.0696. The fraction of sp³-hybridized carbons (Fsp3) is 0.722. The first-order valence-corrected chi connectivity index (χ1v) is 9.07. The molecule has 0 aromatic carbocycles. The molecule has 23 heavy (non-hydrogen) atoms. The quantitative estimate of drug-likeness (QED) is 0.859. The Morgan fingerprint density at radius 1 is 1.13 bits per heavy atom. The van der Waals surface area contributed by atoms with Crippen LogP contribution in [0.2, 0.25) is 0 Å². The number of aromatic nitrogens is 2. The van der Waals surface area contributed by atoms with Crippen LogP contribution in [-0.2, 0) is 0 Å². The number of carbonyl (C=O) groups is 1. The molecular weight excluding hydrogens is 288 g/mol. The van der Waals surface area contributed by atoms with Gasteiger partial charge < -0.3 is 9.80 Å². The van der Waals surface area contributed by atoms with Gasteiger partial charge in [0, 0.05) is 38.1 Å². The lowest BCUT2D eigenvalue weighted by Crippen LogP contribution is -2.40. The number of hydrogen-bond donors (Lipinski definition) is 0. The molecule has 0 radical (unpaired) electrons. The van der Waals surface area contributed by atoms with Gasteiger partial charge in [0.25, 0.3) is 5.91 Å². The molecule has 0 aliphatic carbocycles. The standard InChI is InChI=1S/C18H28N4O/c1-3-16-6-4-5-9-22(16)18-19-12-15(13-20-18)17(23)21-10-7-14(2)8-11-21/h12-14,16H,3-11H2,1-2H3. The zero-order valence-corrected chi connectivity index (χ0v) is 14.4. The van der Waals surface area contributed by atoms with Crippen molar-refractivity contribution in [2.24, 2.45) is 5.92 Å². The number of rotatable bonds is 3. The molecular formula is C18H28N4O. The van der Waals surface area contributed by atoms with Crippen molar-refractivity contribution in [3.05, 3.63) is 18.0 Å². The Kier molecular flexibility index (Phi) is 5.13. The number of amides is 1. The average molecular weight is 316 g/mol. The van der Waals surface area contributed by atoms with E-state index in [1.54, 1.807) is 12.4 Å². The average Bonchev–Trinajstić information content (AvgIpc) is 2.62. The van der Waals surface area contributed by atoms with Gasteiger partial charge in [0.05, 0.1) is 5.56 Å². The topological polar surface area (TPSA) is 49.3 Å². The molecule has 1 atom stereocenters. The molecule has 3 rings (SSSR count). The summed E-state index contributed by atoms with van der Waals surface area (Å²) in [6.07, 6.45) is 10.4. The Bertz CT molecular complexity index is 522. The van der Waals surface area contributed by atoms with Crippen LogP contribution >= 0.6 is 0 Å². The summed E-state index contributed by atoms with van der Waals surface area (Å²) in [5.41, 5.74) is 0.619.